The van der Waals surface area contributed by atoms with Gasteiger partial charge in [0, 0.05) is 35.5 Å². The molecule has 3 saturated heterocycles. The zero-order valence-electron chi connectivity index (χ0n) is 14.6. The molecular weight excluding hydrogens is 336 g/mol. The highest BCUT2D eigenvalue weighted by Crippen LogP contribution is 2.39. The van der Waals surface area contributed by atoms with Gasteiger partial charge < -0.3 is 30.2 Å². The number of carbonyl (C=O) groups is 1. The molecule has 8 heteroatoms. The van der Waals surface area contributed by atoms with Crippen molar-refractivity contribution in [3.05, 3.63) is 36.0 Å². The zero-order valence-corrected chi connectivity index (χ0v) is 14.6. The first-order valence-electron chi connectivity index (χ1n) is 8.59. The van der Waals surface area contributed by atoms with Crippen LogP contribution in [0.1, 0.15) is 23.7 Å². The Bertz CT molecular complexity index is 835. The number of nitrogens with one attached hydrogen (secondary N) is 2. The van der Waals surface area contributed by atoms with Gasteiger partial charge in [-0.25, -0.2) is 0 Å². The molecule has 3 aliphatic heterocycles. The van der Waals surface area contributed by atoms with Gasteiger partial charge in [-0.3, -0.25) is 4.79 Å². The molecule has 8 nitrogen and oxygen atoms in total. The fourth-order valence-electron chi connectivity index (χ4n) is 3.12. The summed E-state index contributed by atoms with van der Waals surface area (Å²) in [5.74, 6) is -1.38. The molecule has 3 fully saturated rings. The largest absolute Gasteiger partial charge is 0.370 e. The van der Waals surface area contributed by atoms with Gasteiger partial charge in [-0.1, -0.05) is 25.1 Å². The van der Waals surface area contributed by atoms with Crippen molar-refractivity contribution >= 4 is 22.8 Å². The van der Waals surface area contributed by atoms with Crippen molar-refractivity contribution in [1.82, 2.24) is 10.3 Å². The molecule has 4 heterocycles. The molecule has 0 saturated carbocycles. The van der Waals surface area contributed by atoms with Gasteiger partial charge >= 0.3 is 0 Å². The molecule has 1 aromatic carbocycles. The van der Waals surface area contributed by atoms with Crippen molar-refractivity contribution in [2.75, 3.05) is 26.4 Å². The third kappa shape index (κ3) is 3.18. The minimum absolute atomic E-state index is 0.0492. The Morgan fingerprint density at radius 1 is 1.27 bits per heavy atom. The van der Waals surface area contributed by atoms with E-state index >= 15 is 0 Å². The summed E-state index contributed by atoms with van der Waals surface area (Å²) < 4.78 is 17.1. The Kier molecular flexibility index (Phi) is 4.18. The fourth-order valence-corrected chi connectivity index (χ4v) is 3.12. The van der Waals surface area contributed by atoms with Gasteiger partial charge in [0.1, 0.15) is 0 Å². The minimum atomic E-state index is -1.02. The van der Waals surface area contributed by atoms with Gasteiger partial charge in [0.2, 0.25) is 0 Å². The van der Waals surface area contributed by atoms with Crippen LogP contribution >= 0.6 is 0 Å². The lowest BCUT2D eigenvalue weighted by molar-refractivity contribution is -0.466. The van der Waals surface area contributed by atoms with Gasteiger partial charge in [-0.2, -0.15) is 4.99 Å². The molecule has 1 amide bonds. The lowest BCUT2D eigenvalue weighted by Gasteiger charge is -2.50. The molecular formula is C18H22N4O4. The van der Waals surface area contributed by atoms with E-state index in [0.29, 0.717) is 38.3 Å². The standard InChI is InChI=1S/C18H22N4O4/c1-17-9-24-18(25-10-17,26-11-17)6-7-20-16(19)22-15(23)13-8-21-14-5-3-2-4-12(13)14/h2-5,8,21H,6-7,9-11H2,1H3,(H3,19,20,22,23). The maximum atomic E-state index is 12.4. The van der Waals surface area contributed by atoms with Gasteiger partial charge in [-0.05, 0) is 6.07 Å². The van der Waals surface area contributed by atoms with Crippen LogP contribution in [0.5, 0.6) is 0 Å². The summed E-state index contributed by atoms with van der Waals surface area (Å²) in [6.45, 7) is 4.30. The lowest BCUT2D eigenvalue weighted by Crippen LogP contribution is -2.59. The number of aromatic amines is 1. The highest BCUT2D eigenvalue weighted by molar-refractivity contribution is 6.10. The number of nitrogens with two attached hydrogens (primary N) is 1. The summed E-state index contributed by atoms with van der Waals surface area (Å²) in [6.07, 6.45) is 2.08. The molecule has 3 aliphatic rings. The van der Waals surface area contributed by atoms with Crippen molar-refractivity contribution in [2.45, 2.75) is 19.3 Å². The van der Waals surface area contributed by atoms with Crippen LogP contribution in [0.4, 0.5) is 0 Å². The minimum Gasteiger partial charge on any atom is -0.370 e. The van der Waals surface area contributed by atoms with E-state index in [1.165, 1.54) is 0 Å². The Hall–Kier alpha value is -2.42. The molecule has 1 aromatic heterocycles. The second kappa shape index (κ2) is 6.39. The lowest BCUT2D eigenvalue weighted by atomic mass is 9.91. The average Bonchev–Trinajstić information content (AvgIpc) is 3.07. The van der Waals surface area contributed by atoms with E-state index in [2.05, 4.69) is 22.2 Å². The topological polar surface area (TPSA) is 111 Å². The van der Waals surface area contributed by atoms with E-state index in [1.54, 1.807) is 6.20 Å². The van der Waals surface area contributed by atoms with Gasteiger partial charge in [0.25, 0.3) is 11.9 Å². The van der Waals surface area contributed by atoms with Crippen LogP contribution in [0.15, 0.2) is 35.5 Å². The van der Waals surface area contributed by atoms with E-state index in [4.69, 9.17) is 19.9 Å². The molecule has 0 aliphatic carbocycles. The number of rotatable bonds is 4. The Labute approximate surface area is 150 Å². The molecule has 4 N–H and O–H groups in total. The van der Waals surface area contributed by atoms with Crippen molar-refractivity contribution in [3.8, 4) is 0 Å². The van der Waals surface area contributed by atoms with E-state index in [-0.39, 0.29) is 11.4 Å². The van der Waals surface area contributed by atoms with E-state index < -0.39 is 11.9 Å². The second-order valence-electron chi connectivity index (χ2n) is 7.09. The van der Waals surface area contributed by atoms with Crippen LogP contribution in [0, 0.1) is 5.41 Å². The maximum absolute atomic E-state index is 12.4. The number of amides is 1. The molecule has 2 bridgehead atoms. The van der Waals surface area contributed by atoms with Crippen LogP contribution < -0.4 is 11.1 Å². The summed E-state index contributed by atoms with van der Waals surface area (Å²) in [7, 11) is 0. The maximum Gasteiger partial charge on any atom is 0.284 e. The molecule has 2 aromatic rings. The molecule has 0 unspecified atom stereocenters. The van der Waals surface area contributed by atoms with Crippen LogP contribution in [0.3, 0.4) is 0 Å². The quantitative estimate of drug-likeness (QED) is 0.562. The van der Waals surface area contributed by atoms with E-state index in [9.17, 15) is 4.79 Å². The SMILES string of the molecule is CC12COC(CCNC(N)=NC(=O)c3c[nH]c4ccccc34)(OC1)OC2. The van der Waals surface area contributed by atoms with Crippen molar-refractivity contribution in [1.29, 1.82) is 0 Å². The summed E-state index contributed by atoms with van der Waals surface area (Å²) in [6, 6.07) is 7.53. The predicted molar refractivity (Wildman–Crippen MR) is 95.6 cm³/mol. The number of fused-ring (bicyclic) bond motifs is 4. The number of guanidine groups is 1. The van der Waals surface area contributed by atoms with Crippen LogP contribution in [-0.4, -0.2) is 49.2 Å². The number of aromatic nitrogens is 1. The first kappa shape index (κ1) is 17.0. The van der Waals surface area contributed by atoms with Gasteiger partial charge in [0.15, 0.2) is 5.96 Å². The number of aliphatic imine (C=N–C) groups is 1. The molecule has 0 atom stereocenters. The van der Waals surface area contributed by atoms with Crippen molar-refractivity contribution < 1.29 is 19.0 Å². The summed E-state index contributed by atoms with van der Waals surface area (Å²) in [5.41, 5.74) is 7.14. The van der Waals surface area contributed by atoms with Crippen LogP contribution in [0.25, 0.3) is 10.9 Å². The first-order chi connectivity index (χ1) is 12.5. The van der Waals surface area contributed by atoms with Crippen LogP contribution in [0.2, 0.25) is 0 Å². The summed E-state index contributed by atoms with van der Waals surface area (Å²) in [4.78, 5) is 19.3. The number of hydrogen-bond donors (Lipinski definition) is 3. The molecule has 138 valence electrons. The second-order valence-corrected chi connectivity index (χ2v) is 7.09. The normalized spacial score (nSPS) is 28.4. The molecule has 26 heavy (non-hydrogen) atoms. The number of benzene rings is 1. The Morgan fingerprint density at radius 3 is 2.69 bits per heavy atom. The average molecular weight is 358 g/mol. The van der Waals surface area contributed by atoms with Crippen LogP contribution in [-0.2, 0) is 14.2 Å². The monoisotopic (exact) mass is 358 g/mol. The highest BCUT2D eigenvalue weighted by Gasteiger charge is 2.49. The number of ether oxygens (including phenoxy) is 3. The highest BCUT2D eigenvalue weighted by atomic mass is 16.9. The third-order valence-electron chi connectivity index (χ3n) is 4.70. The van der Waals surface area contributed by atoms with Gasteiger partial charge in [0.05, 0.1) is 25.4 Å². The molecule has 0 radical (unpaired) electrons. The number of carbonyl (C=O) groups excluding carboxylic acids is 1. The summed E-state index contributed by atoms with van der Waals surface area (Å²) >= 11 is 0. The summed E-state index contributed by atoms with van der Waals surface area (Å²) in [5, 5.41) is 3.73. The van der Waals surface area contributed by atoms with Crippen molar-refractivity contribution in [2.24, 2.45) is 16.1 Å². The van der Waals surface area contributed by atoms with E-state index in [0.717, 1.165) is 10.9 Å². The van der Waals surface area contributed by atoms with E-state index in [1.807, 2.05) is 24.3 Å². The zero-order chi connectivity index (χ0) is 18.2. The third-order valence-corrected chi connectivity index (χ3v) is 4.70. The Balaban J connectivity index is 1.35. The number of para-hydroxylation sites is 1. The number of H-pyrrole nitrogens is 1. The number of hydrogen-bond acceptors (Lipinski definition) is 4. The van der Waals surface area contributed by atoms with Crippen molar-refractivity contribution in [3.63, 3.8) is 0 Å². The Morgan fingerprint density at radius 2 is 1.96 bits per heavy atom. The van der Waals surface area contributed by atoms with Gasteiger partial charge in [-0.15, -0.1) is 0 Å². The predicted octanol–water partition coefficient (Wildman–Crippen LogP) is 1.34. The number of nitrogens with zero attached hydrogens (tertiary/aromatic N) is 1. The first-order valence-corrected chi connectivity index (χ1v) is 8.59. The molecule has 5 rings (SSSR count). The fraction of sp³-hybridized carbons (Fsp3) is 0.444. The smallest absolute Gasteiger partial charge is 0.284 e. The molecule has 0 spiro atoms.